The Morgan fingerprint density at radius 2 is 1.64 bits per heavy atom. The van der Waals surface area contributed by atoms with Gasteiger partial charge in [-0.1, -0.05) is 48.5 Å². The van der Waals surface area contributed by atoms with Gasteiger partial charge in [0.2, 0.25) is 5.91 Å². The van der Waals surface area contributed by atoms with E-state index in [0.717, 1.165) is 57.1 Å². The number of piperidine rings is 1. The summed E-state index contributed by atoms with van der Waals surface area (Å²) in [5, 5.41) is 12.5. The monoisotopic (exact) mass is 445 g/mol. The van der Waals surface area contributed by atoms with Crippen LogP contribution in [0.1, 0.15) is 37.2 Å². The van der Waals surface area contributed by atoms with Crippen molar-refractivity contribution >= 4 is 5.91 Å². The molecule has 2 fully saturated rings. The molecule has 0 N–H and O–H groups in total. The highest BCUT2D eigenvalue weighted by Crippen LogP contribution is 2.25. The Morgan fingerprint density at radius 3 is 2.36 bits per heavy atom. The predicted molar refractivity (Wildman–Crippen MR) is 126 cm³/mol. The first-order chi connectivity index (χ1) is 16.2. The van der Waals surface area contributed by atoms with Crippen molar-refractivity contribution in [2.24, 2.45) is 0 Å². The summed E-state index contributed by atoms with van der Waals surface area (Å²) in [5.74, 6) is 1.12. The first-order valence-corrected chi connectivity index (χ1v) is 11.9. The van der Waals surface area contributed by atoms with E-state index in [4.69, 9.17) is 0 Å². The number of hydrogen-bond acceptors (Lipinski definition) is 6. The van der Waals surface area contributed by atoms with Gasteiger partial charge in [-0.15, -0.1) is 5.10 Å². The van der Waals surface area contributed by atoms with Crippen LogP contribution in [0.15, 0.2) is 60.7 Å². The second kappa shape index (κ2) is 9.80. The zero-order valence-corrected chi connectivity index (χ0v) is 19.1. The number of likely N-dealkylation sites (tertiary alicyclic amines) is 1. The van der Waals surface area contributed by atoms with Crippen LogP contribution in [-0.4, -0.2) is 79.6 Å². The minimum absolute atomic E-state index is 0.00504. The molecule has 1 amide bonds. The van der Waals surface area contributed by atoms with Gasteiger partial charge in [0.15, 0.2) is 5.82 Å². The highest BCUT2D eigenvalue weighted by atomic mass is 16.2. The molecule has 8 heteroatoms. The number of piperazine rings is 1. The summed E-state index contributed by atoms with van der Waals surface area (Å²) in [4.78, 5) is 20.1. The fraction of sp³-hybridized carbons (Fsp3) is 0.440. The highest BCUT2D eigenvalue weighted by molar-refractivity contribution is 5.82. The van der Waals surface area contributed by atoms with Crippen LogP contribution in [0.5, 0.6) is 0 Å². The summed E-state index contributed by atoms with van der Waals surface area (Å²) in [7, 11) is 0. The number of carbonyl (C=O) groups excluding carboxylic acids is 1. The molecule has 33 heavy (non-hydrogen) atoms. The van der Waals surface area contributed by atoms with Crippen molar-refractivity contribution in [1.82, 2.24) is 34.9 Å². The Bertz CT molecular complexity index is 1050. The summed E-state index contributed by atoms with van der Waals surface area (Å²) in [5.41, 5.74) is 2.16. The van der Waals surface area contributed by atoms with Gasteiger partial charge in [0, 0.05) is 39.3 Å². The van der Waals surface area contributed by atoms with Crippen LogP contribution in [0.2, 0.25) is 0 Å². The molecule has 2 saturated heterocycles. The molecule has 0 spiro atoms. The summed E-state index contributed by atoms with van der Waals surface area (Å²) in [6.07, 6.45) is 2.01. The summed E-state index contributed by atoms with van der Waals surface area (Å²) < 4.78 is 1.82. The van der Waals surface area contributed by atoms with Crippen molar-refractivity contribution in [2.75, 3.05) is 32.7 Å². The number of aromatic nitrogens is 4. The summed E-state index contributed by atoms with van der Waals surface area (Å²) >= 11 is 0. The van der Waals surface area contributed by atoms with Crippen LogP contribution in [-0.2, 0) is 11.3 Å². The van der Waals surface area contributed by atoms with E-state index >= 15 is 0 Å². The van der Waals surface area contributed by atoms with Gasteiger partial charge in [-0.3, -0.25) is 14.6 Å². The Kier molecular flexibility index (Phi) is 6.46. The fourth-order valence-electron chi connectivity index (χ4n) is 5.03. The summed E-state index contributed by atoms with van der Waals surface area (Å²) in [6.45, 7) is 7.27. The first-order valence-electron chi connectivity index (χ1n) is 11.9. The molecule has 3 heterocycles. The second-order valence-corrected chi connectivity index (χ2v) is 8.94. The third-order valence-electron chi connectivity index (χ3n) is 6.92. The van der Waals surface area contributed by atoms with Crippen molar-refractivity contribution in [2.45, 2.75) is 38.4 Å². The Morgan fingerprint density at radius 1 is 0.939 bits per heavy atom. The van der Waals surface area contributed by atoms with Crippen LogP contribution in [0.3, 0.4) is 0 Å². The van der Waals surface area contributed by atoms with Gasteiger partial charge in [0.1, 0.15) is 0 Å². The van der Waals surface area contributed by atoms with E-state index in [1.165, 1.54) is 5.56 Å². The Labute approximate surface area is 194 Å². The van der Waals surface area contributed by atoms with Crippen LogP contribution in [0.4, 0.5) is 0 Å². The molecule has 2 aromatic carbocycles. The Balaban J connectivity index is 1.21. The maximum absolute atomic E-state index is 13.3. The van der Waals surface area contributed by atoms with Crippen molar-refractivity contribution in [3.63, 3.8) is 0 Å². The number of tetrazole rings is 1. The van der Waals surface area contributed by atoms with E-state index in [-0.39, 0.29) is 18.0 Å². The SMILES string of the molecule is CC(c1nnnn1-c1ccccc1)N1CCN(C2CCCN(Cc3ccccc3)C2=O)CC1. The number of para-hydroxylation sites is 1. The zero-order valence-electron chi connectivity index (χ0n) is 19.1. The molecule has 2 aliphatic heterocycles. The largest absolute Gasteiger partial charge is 0.337 e. The molecule has 0 saturated carbocycles. The van der Waals surface area contributed by atoms with Crippen molar-refractivity contribution in [3.05, 3.63) is 72.1 Å². The van der Waals surface area contributed by atoms with Gasteiger partial charge in [-0.25, -0.2) is 0 Å². The maximum Gasteiger partial charge on any atom is 0.240 e. The standard InChI is InChI=1S/C25H31N7O/c1-20(24-26-27-28-32(24)22-11-6-3-7-12-22)29-15-17-30(18-16-29)23-13-8-14-31(25(23)33)19-21-9-4-2-5-10-21/h2-7,9-12,20,23H,8,13-19H2,1H3. The van der Waals surface area contributed by atoms with Crippen LogP contribution >= 0.6 is 0 Å². The van der Waals surface area contributed by atoms with Crippen LogP contribution in [0, 0.1) is 0 Å². The van der Waals surface area contributed by atoms with Gasteiger partial charge >= 0.3 is 0 Å². The van der Waals surface area contributed by atoms with Crippen molar-refractivity contribution < 1.29 is 4.79 Å². The lowest BCUT2D eigenvalue weighted by Crippen LogP contribution is -2.57. The normalized spacial score (nSPS) is 21.3. The van der Waals surface area contributed by atoms with E-state index in [2.05, 4.69) is 44.4 Å². The van der Waals surface area contributed by atoms with E-state index < -0.39 is 0 Å². The molecule has 0 aliphatic carbocycles. The van der Waals surface area contributed by atoms with Gasteiger partial charge in [0.05, 0.1) is 17.8 Å². The molecule has 0 radical (unpaired) electrons. The number of amides is 1. The zero-order chi connectivity index (χ0) is 22.6. The highest BCUT2D eigenvalue weighted by Gasteiger charge is 2.36. The summed E-state index contributed by atoms with van der Waals surface area (Å²) in [6, 6.07) is 20.4. The second-order valence-electron chi connectivity index (χ2n) is 8.94. The van der Waals surface area contributed by atoms with E-state index in [0.29, 0.717) is 6.54 Å². The fourth-order valence-corrected chi connectivity index (χ4v) is 5.03. The third-order valence-corrected chi connectivity index (χ3v) is 6.92. The van der Waals surface area contributed by atoms with Gasteiger partial charge in [-0.05, 0) is 47.9 Å². The maximum atomic E-state index is 13.3. The van der Waals surface area contributed by atoms with Gasteiger partial charge in [0.25, 0.3) is 0 Å². The molecule has 3 aromatic rings. The average Bonchev–Trinajstić information content (AvgIpc) is 3.36. The molecular weight excluding hydrogens is 414 g/mol. The van der Waals surface area contributed by atoms with Gasteiger partial charge in [-0.2, -0.15) is 4.68 Å². The Hall–Kier alpha value is -3.10. The van der Waals surface area contributed by atoms with Crippen LogP contribution < -0.4 is 0 Å². The lowest BCUT2D eigenvalue weighted by atomic mass is 10.0. The quantitative estimate of drug-likeness (QED) is 0.581. The molecule has 8 nitrogen and oxygen atoms in total. The topological polar surface area (TPSA) is 70.4 Å². The first kappa shape index (κ1) is 21.7. The van der Waals surface area contributed by atoms with E-state index in [1.807, 2.05) is 58.1 Å². The molecule has 172 valence electrons. The number of rotatable bonds is 6. The predicted octanol–water partition coefficient (Wildman–Crippen LogP) is 2.53. The number of hydrogen-bond donors (Lipinski definition) is 0. The minimum Gasteiger partial charge on any atom is -0.337 e. The number of nitrogens with zero attached hydrogens (tertiary/aromatic N) is 7. The lowest BCUT2D eigenvalue weighted by Gasteiger charge is -2.43. The van der Waals surface area contributed by atoms with Crippen molar-refractivity contribution in [3.8, 4) is 5.69 Å². The number of carbonyl (C=O) groups is 1. The van der Waals surface area contributed by atoms with Crippen molar-refractivity contribution in [1.29, 1.82) is 0 Å². The molecule has 5 rings (SSSR count). The van der Waals surface area contributed by atoms with E-state index in [1.54, 1.807) is 0 Å². The molecule has 0 bridgehead atoms. The molecule has 2 aliphatic rings. The number of benzene rings is 2. The average molecular weight is 446 g/mol. The smallest absolute Gasteiger partial charge is 0.240 e. The lowest BCUT2D eigenvalue weighted by molar-refractivity contribution is -0.141. The minimum atomic E-state index is -0.00504. The van der Waals surface area contributed by atoms with Crippen LogP contribution in [0.25, 0.3) is 5.69 Å². The molecule has 2 atom stereocenters. The molecular formula is C25H31N7O. The van der Waals surface area contributed by atoms with Gasteiger partial charge < -0.3 is 4.90 Å². The van der Waals surface area contributed by atoms with E-state index in [9.17, 15) is 4.79 Å². The molecule has 1 aromatic heterocycles. The third kappa shape index (κ3) is 4.67. The molecule has 2 unspecified atom stereocenters.